The van der Waals surface area contributed by atoms with Gasteiger partial charge in [0, 0.05) is 6.54 Å². The van der Waals surface area contributed by atoms with Gasteiger partial charge in [-0.1, -0.05) is 37.3 Å². The minimum absolute atomic E-state index is 0.151. The molecule has 1 unspecified atom stereocenters. The van der Waals surface area contributed by atoms with E-state index in [0.29, 0.717) is 18.9 Å². The Labute approximate surface area is 108 Å². The van der Waals surface area contributed by atoms with E-state index in [2.05, 4.69) is 29.7 Å². The zero-order chi connectivity index (χ0) is 13.4. The van der Waals surface area contributed by atoms with Crippen molar-refractivity contribution < 1.29 is 9.59 Å². The van der Waals surface area contributed by atoms with Crippen LogP contribution >= 0.6 is 0 Å². The van der Waals surface area contributed by atoms with E-state index in [1.165, 1.54) is 5.56 Å². The number of carbonyl (C=O) groups is 2. The summed E-state index contributed by atoms with van der Waals surface area (Å²) in [6.45, 7) is 4.36. The Balaban J connectivity index is 2.31. The molecule has 4 heteroatoms. The van der Waals surface area contributed by atoms with Gasteiger partial charge in [-0.15, -0.1) is 0 Å². The second-order valence-corrected chi connectivity index (χ2v) is 4.55. The van der Waals surface area contributed by atoms with Crippen LogP contribution in [0, 0.1) is 5.92 Å². The monoisotopic (exact) mass is 248 g/mol. The van der Waals surface area contributed by atoms with Crippen LogP contribution in [0.4, 0.5) is 0 Å². The van der Waals surface area contributed by atoms with Crippen molar-refractivity contribution >= 4 is 12.3 Å². The maximum atomic E-state index is 11.6. The van der Waals surface area contributed by atoms with Crippen LogP contribution in [-0.4, -0.2) is 24.9 Å². The van der Waals surface area contributed by atoms with E-state index in [9.17, 15) is 9.59 Å². The van der Waals surface area contributed by atoms with E-state index < -0.39 is 6.04 Å². The van der Waals surface area contributed by atoms with Crippen LogP contribution in [-0.2, 0) is 16.0 Å². The van der Waals surface area contributed by atoms with Crippen molar-refractivity contribution in [2.75, 3.05) is 6.54 Å². The number of amides is 2. The zero-order valence-electron chi connectivity index (χ0n) is 10.8. The van der Waals surface area contributed by atoms with Crippen molar-refractivity contribution in [3.63, 3.8) is 0 Å². The molecule has 1 aromatic carbocycles. The van der Waals surface area contributed by atoms with Gasteiger partial charge in [-0.3, -0.25) is 9.59 Å². The molecule has 0 bridgehead atoms. The summed E-state index contributed by atoms with van der Waals surface area (Å²) < 4.78 is 0. The van der Waals surface area contributed by atoms with Gasteiger partial charge in [0.15, 0.2) is 0 Å². The van der Waals surface area contributed by atoms with Gasteiger partial charge in [-0.25, -0.2) is 0 Å². The van der Waals surface area contributed by atoms with Crippen LogP contribution in [0.1, 0.15) is 19.4 Å². The molecule has 0 radical (unpaired) electrons. The minimum atomic E-state index is -0.480. The summed E-state index contributed by atoms with van der Waals surface area (Å²) in [5.74, 6) is 0.210. The molecular weight excluding hydrogens is 228 g/mol. The van der Waals surface area contributed by atoms with Gasteiger partial charge in [0.25, 0.3) is 0 Å². The van der Waals surface area contributed by atoms with Gasteiger partial charge in [-0.05, 0) is 24.8 Å². The van der Waals surface area contributed by atoms with E-state index in [1.54, 1.807) is 6.92 Å². The lowest BCUT2D eigenvalue weighted by Crippen LogP contribution is -2.43. The van der Waals surface area contributed by atoms with Crippen LogP contribution in [0.2, 0.25) is 0 Å². The first kappa shape index (κ1) is 14.2. The molecule has 4 nitrogen and oxygen atoms in total. The predicted octanol–water partition coefficient (Wildman–Crippen LogP) is 1.12. The van der Waals surface area contributed by atoms with Crippen LogP contribution in [0.5, 0.6) is 0 Å². The summed E-state index contributed by atoms with van der Waals surface area (Å²) in [5.41, 5.74) is 1.26. The number of carbonyl (C=O) groups excluding carboxylic acids is 2. The molecule has 2 N–H and O–H groups in total. The van der Waals surface area contributed by atoms with Crippen LogP contribution in [0.15, 0.2) is 30.3 Å². The average Bonchev–Trinajstić information content (AvgIpc) is 2.37. The Bertz CT molecular complexity index is 379. The SMILES string of the molecule is CC(CNC(=O)[C@@H](C)NC=O)Cc1ccccc1. The fraction of sp³-hybridized carbons (Fsp3) is 0.429. The molecule has 2 atom stereocenters. The van der Waals surface area contributed by atoms with Crippen molar-refractivity contribution in [1.29, 1.82) is 0 Å². The second-order valence-electron chi connectivity index (χ2n) is 4.55. The van der Waals surface area contributed by atoms with Gasteiger partial charge in [0.1, 0.15) is 6.04 Å². The zero-order valence-corrected chi connectivity index (χ0v) is 10.8. The quantitative estimate of drug-likeness (QED) is 0.710. The molecule has 0 aliphatic carbocycles. The number of hydrogen-bond acceptors (Lipinski definition) is 2. The maximum absolute atomic E-state index is 11.6. The summed E-state index contributed by atoms with van der Waals surface area (Å²) >= 11 is 0. The molecule has 1 aromatic rings. The molecule has 0 aromatic heterocycles. The van der Waals surface area contributed by atoms with Crippen LogP contribution < -0.4 is 10.6 Å². The molecule has 0 saturated heterocycles. The third kappa shape index (κ3) is 4.99. The molecule has 0 spiro atoms. The standard InChI is InChI=1S/C14H20N2O2/c1-11(8-13-6-4-3-5-7-13)9-15-14(18)12(2)16-10-17/h3-7,10-12H,8-9H2,1-2H3,(H,15,18)(H,16,17)/t11?,12-/m1/s1. The molecule has 0 aliphatic heterocycles. The lowest BCUT2D eigenvalue weighted by atomic mass is 10.0. The summed E-state index contributed by atoms with van der Waals surface area (Å²) in [5, 5.41) is 5.25. The fourth-order valence-electron chi connectivity index (χ4n) is 1.69. The van der Waals surface area contributed by atoms with Gasteiger partial charge < -0.3 is 10.6 Å². The molecule has 98 valence electrons. The molecule has 1 rings (SSSR count). The van der Waals surface area contributed by atoms with Crippen molar-refractivity contribution in [3.05, 3.63) is 35.9 Å². The summed E-state index contributed by atoms with van der Waals surface area (Å²) in [6.07, 6.45) is 1.47. The fourth-order valence-corrected chi connectivity index (χ4v) is 1.69. The molecule has 0 fully saturated rings. The van der Waals surface area contributed by atoms with E-state index in [4.69, 9.17) is 0 Å². The summed E-state index contributed by atoms with van der Waals surface area (Å²) in [6, 6.07) is 9.69. The molecule has 2 amide bonds. The topological polar surface area (TPSA) is 58.2 Å². The molecule has 0 heterocycles. The molecule has 0 aliphatic rings. The van der Waals surface area contributed by atoms with Crippen LogP contribution in [0.25, 0.3) is 0 Å². The Morgan fingerprint density at radius 1 is 1.28 bits per heavy atom. The Morgan fingerprint density at radius 3 is 2.56 bits per heavy atom. The largest absolute Gasteiger partial charge is 0.354 e. The van der Waals surface area contributed by atoms with Crippen molar-refractivity contribution in [3.8, 4) is 0 Å². The highest BCUT2D eigenvalue weighted by Crippen LogP contribution is 2.07. The molecule has 0 saturated carbocycles. The highest BCUT2D eigenvalue weighted by atomic mass is 16.2. The van der Waals surface area contributed by atoms with E-state index in [1.807, 2.05) is 18.2 Å². The van der Waals surface area contributed by atoms with Crippen molar-refractivity contribution in [1.82, 2.24) is 10.6 Å². The normalized spacial score (nSPS) is 13.4. The van der Waals surface area contributed by atoms with Gasteiger partial charge in [0.2, 0.25) is 12.3 Å². The number of benzene rings is 1. The predicted molar refractivity (Wildman–Crippen MR) is 71.0 cm³/mol. The van der Waals surface area contributed by atoms with Gasteiger partial charge in [-0.2, -0.15) is 0 Å². The Morgan fingerprint density at radius 2 is 1.94 bits per heavy atom. The maximum Gasteiger partial charge on any atom is 0.242 e. The van der Waals surface area contributed by atoms with E-state index >= 15 is 0 Å². The van der Waals surface area contributed by atoms with Crippen molar-refractivity contribution in [2.45, 2.75) is 26.3 Å². The van der Waals surface area contributed by atoms with Crippen LogP contribution in [0.3, 0.4) is 0 Å². The Kier molecular flexibility index (Phi) is 5.91. The van der Waals surface area contributed by atoms with Crippen molar-refractivity contribution in [2.24, 2.45) is 5.92 Å². The van der Waals surface area contributed by atoms with E-state index in [0.717, 1.165) is 6.42 Å². The minimum Gasteiger partial charge on any atom is -0.354 e. The van der Waals surface area contributed by atoms with E-state index in [-0.39, 0.29) is 5.91 Å². The number of nitrogens with one attached hydrogen (secondary N) is 2. The lowest BCUT2D eigenvalue weighted by molar-refractivity contribution is -0.125. The summed E-state index contributed by atoms with van der Waals surface area (Å²) in [7, 11) is 0. The highest BCUT2D eigenvalue weighted by molar-refractivity contribution is 5.83. The molecule has 18 heavy (non-hydrogen) atoms. The van der Waals surface area contributed by atoms with Gasteiger partial charge >= 0.3 is 0 Å². The number of rotatable bonds is 7. The first-order valence-corrected chi connectivity index (χ1v) is 6.14. The second kappa shape index (κ2) is 7.48. The molecular formula is C14H20N2O2. The highest BCUT2D eigenvalue weighted by Gasteiger charge is 2.12. The first-order chi connectivity index (χ1) is 8.63. The third-order valence-electron chi connectivity index (χ3n) is 2.76. The summed E-state index contributed by atoms with van der Waals surface area (Å²) in [4.78, 5) is 21.8. The lowest BCUT2D eigenvalue weighted by Gasteiger charge is -2.15. The smallest absolute Gasteiger partial charge is 0.242 e. The third-order valence-corrected chi connectivity index (χ3v) is 2.76. The Hall–Kier alpha value is -1.84. The average molecular weight is 248 g/mol. The number of hydrogen-bond donors (Lipinski definition) is 2. The van der Waals surface area contributed by atoms with Gasteiger partial charge in [0.05, 0.1) is 0 Å². The first-order valence-electron chi connectivity index (χ1n) is 6.14.